The number of hydrogen-bond acceptors (Lipinski definition) is 16. The molecule has 1 saturated heterocycles. The van der Waals surface area contributed by atoms with Crippen molar-refractivity contribution in [3.8, 4) is 0 Å². The second-order valence-electron chi connectivity index (χ2n) is 31.8. The largest absolute Gasteiger partial charge is 0.466 e. The molecule has 0 aromatic rings. The zero-order valence-corrected chi connectivity index (χ0v) is 68.7. The summed E-state index contributed by atoms with van der Waals surface area (Å²) in [5.74, 6) is -0.678. The van der Waals surface area contributed by atoms with E-state index in [-0.39, 0.29) is 48.5 Å². The molecular weight excluding hydrogens is 1290 g/mol. The second kappa shape index (κ2) is 72.4. The lowest BCUT2D eigenvalue weighted by Crippen LogP contribution is -2.57. The molecule has 1 rings (SSSR count). The molecule has 0 aliphatic carbocycles. The molecule has 1 heterocycles. The van der Waals surface area contributed by atoms with Gasteiger partial charge in [-0.1, -0.05) is 279 Å². The Morgan fingerprint density at radius 1 is 0.311 bits per heavy atom. The van der Waals surface area contributed by atoms with Crippen LogP contribution in [0.5, 0.6) is 0 Å². The summed E-state index contributed by atoms with van der Waals surface area (Å²) >= 11 is 0. The highest BCUT2D eigenvalue weighted by Crippen LogP contribution is 2.22. The van der Waals surface area contributed by atoms with E-state index in [9.17, 15) is 39.6 Å². The van der Waals surface area contributed by atoms with Gasteiger partial charge in [0, 0.05) is 90.1 Å². The molecule has 1 fully saturated rings. The molecule has 0 radical (unpaired) electrons. The van der Waals surface area contributed by atoms with Gasteiger partial charge in [-0.2, -0.15) is 0 Å². The third-order valence-corrected chi connectivity index (χ3v) is 21.6. The van der Waals surface area contributed by atoms with Crippen molar-refractivity contribution in [2.24, 2.45) is 0 Å². The van der Waals surface area contributed by atoms with E-state index in [2.05, 4.69) is 68.1 Å². The van der Waals surface area contributed by atoms with Gasteiger partial charge in [0.05, 0.1) is 31.0 Å². The third-order valence-electron chi connectivity index (χ3n) is 21.6. The number of rotatable bonds is 78. The van der Waals surface area contributed by atoms with Gasteiger partial charge in [-0.15, -0.1) is 0 Å². The number of nitrogens with zero attached hydrogens (tertiary/aromatic N) is 4. The minimum absolute atomic E-state index is 0.0153. The summed E-state index contributed by atoms with van der Waals surface area (Å²) in [7, 11) is 0. The number of aliphatic hydroxyl groups is 4. The number of piperazine rings is 1. The number of carbonyl (C=O) groups is 4. The molecule has 0 bridgehead atoms. The van der Waals surface area contributed by atoms with E-state index in [4.69, 9.17) is 18.9 Å². The van der Waals surface area contributed by atoms with Crippen molar-refractivity contribution in [3.05, 3.63) is 0 Å². The van der Waals surface area contributed by atoms with Crippen LogP contribution in [0, 0.1) is 0 Å². The molecule has 0 aromatic carbocycles. The average Bonchev–Trinajstić information content (AvgIpc) is 0.849. The first-order chi connectivity index (χ1) is 50.1. The van der Waals surface area contributed by atoms with Crippen molar-refractivity contribution in [2.75, 3.05) is 85.3 Å². The Kier molecular flexibility index (Phi) is 69.3. The summed E-state index contributed by atoms with van der Waals surface area (Å²) < 4.78 is 23.2. The van der Waals surface area contributed by atoms with E-state index in [0.717, 1.165) is 135 Å². The van der Waals surface area contributed by atoms with Gasteiger partial charge < -0.3 is 39.4 Å². The van der Waals surface area contributed by atoms with Crippen molar-refractivity contribution in [2.45, 2.75) is 451 Å². The van der Waals surface area contributed by atoms with E-state index in [0.29, 0.717) is 117 Å². The molecule has 0 saturated carbocycles. The van der Waals surface area contributed by atoms with Crippen molar-refractivity contribution >= 4 is 23.9 Å². The van der Waals surface area contributed by atoms with Crippen molar-refractivity contribution < 1.29 is 58.6 Å². The van der Waals surface area contributed by atoms with Crippen LogP contribution in [0.25, 0.3) is 0 Å². The number of unbranched alkanes of at least 4 members (excludes halogenated alkanes) is 37. The zero-order valence-electron chi connectivity index (χ0n) is 68.7. The van der Waals surface area contributed by atoms with Gasteiger partial charge in [0.15, 0.2) is 0 Å². The quantitative estimate of drug-likeness (QED) is 0.0254. The van der Waals surface area contributed by atoms with Crippen LogP contribution in [0.15, 0.2) is 0 Å². The molecule has 6 atom stereocenters. The van der Waals surface area contributed by atoms with E-state index in [1.807, 2.05) is 0 Å². The van der Waals surface area contributed by atoms with Crippen LogP contribution in [0.3, 0.4) is 0 Å². The lowest BCUT2D eigenvalue weighted by molar-refractivity contribution is -0.150. The maximum Gasteiger partial charge on any atom is 0.306 e. The minimum Gasteiger partial charge on any atom is -0.466 e. The maximum absolute atomic E-state index is 13.1. The Bertz CT molecular complexity index is 1840. The highest BCUT2D eigenvalue weighted by atomic mass is 16.5. The summed E-state index contributed by atoms with van der Waals surface area (Å²) in [6, 6.07) is 0.494. The van der Waals surface area contributed by atoms with Gasteiger partial charge in [0.1, 0.15) is 19.3 Å². The molecule has 4 N–H and O–H groups in total. The molecular formula is C87H170N4O12. The zero-order chi connectivity index (χ0) is 75.3. The number of carbonyl (C=O) groups excluding carboxylic acids is 4. The summed E-state index contributed by atoms with van der Waals surface area (Å²) in [5.41, 5.74) is 0. The third kappa shape index (κ3) is 63.1. The molecule has 1 aliphatic rings. The summed E-state index contributed by atoms with van der Waals surface area (Å²) in [6.45, 7) is 23.0. The van der Waals surface area contributed by atoms with Gasteiger partial charge >= 0.3 is 23.9 Å². The topological polar surface area (TPSA) is 199 Å². The fourth-order valence-electron chi connectivity index (χ4n) is 14.9. The van der Waals surface area contributed by atoms with Gasteiger partial charge in [0.25, 0.3) is 0 Å². The SMILES string of the molecule is CCCCCCCCCCCOC(=O)CCCC(O)CN(CCCCCCC(=O)OCCN1CC(C)N(CCOC(=O)CCCN(CC(O)CCCCCCCCCC)CC(O)CCCCCCCCCC)CC1C)CC(O)CCCCCC(=O)OC(CCCCCCCC)CCCCCCCC. The molecule has 610 valence electrons. The minimum atomic E-state index is -0.641. The number of hydrogen-bond donors (Lipinski definition) is 4. The molecule has 103 heavy (non-hydrogen) atoms. The van der Waals surface area contributed by atoms with Crippen LogP contribution in [0.2, 0.25) is 0 Å². The smallest absolute Gasteiger partial charge is 0.306 e. The Balaban J connectivity index is 2.61. The number of aliphatic hydroxyl groups excluding tert-OH is 4. The first-order valence-electron chi connectivity index (χ1n) is 44.4. The lowest BCUT2D eigenvalue weighted by atomic mass is 10.0. The average molecular weight is 1460 g/mol. The molecule has 16 nitrogen and oxygen atoms in total. The predicted octanol–water partition coefficient (Wildman–Crippen LogP) is 19.9. The van der Waals surface area contributed by atoms with Crippen LogP contribution in [0.4, 0.5) is 0 Å². The fourth-order valence-corrected chi connectivity index (χ4v) is 14.9. The lowest BCUT2D eigenvalue weighted by Gasteiger charge is -2.44. The second-order valence-corrected chi connectivity index (χ2v) is 31.8. The van der Waals surface area contributed by atoms with E-state index in [1.54, 1.807) is 0 Å². The maximum atomic E-state index is 13.1. The Labute approximate surface area is 634 Å². The molecule has 0 aromatic heterocycles. The Morgan fingerprint density at radius 3 is 0.951 bits per heavy atom. The first-order valence-corrected chi connectivity index (χ1v) is 44.4. The monoisotopic (exact) mass is 1460 g/mol. The van der Waals surface area contributed by atoms with Gasteiger partial charge in [-0.3, -0.25) is 38.8 Å². The Morgan fingerprint density at radius 2 is 0.573 bits per heavy atom. The highest BCUT2D eigenvalue weighted by Gasteiger charge is 2.29. The van der Waals surface area contributed by atoms with Crippen LogP contribution in [0.1, 0.15) is 408 Å². The number of ether oxygens (including phenoxy) is 4. The first kappa shape index (κ1) is 98.6. The summed E-state index contributed by atoms with van der Waals surface area (Å²) in [4.78, 5) is 60.8. The van der Waals surface area contributed by atoms with E-state index >= 15 is 0 Å². The highest BCUT2D eigenvalue weighted by molar-refractivity contribution is 5.70. The standard InChI is InChI=1S/C87H170N4O12/c1-8-13-18-23-28-31-34-41-51-68-100-85(97)62-52-57-82(95)76-88(73-81(94)56-45-42-49-61-87(99)103-83(58-46-37-26-21-16-11-4)59-47-38-27-22-17-12-5)64-50-40-39-48-60-84(96)101-69-66-90-71-78(7)91(72-77(90)6)67-70-102-86(98)63-53-65-89(74-79(92)54-43-35-32-29-24-19-14-9-2)75-80(93)55-44-36-33-30-25-20-15-10-3/h77-83,92-95H,8-76H2,1-7H3. The predicted molar refractivity (Wildman–Crippen MR) is 429 cm³/mol. The molecule has 0 spiro atoms. The van der Waals surface area contributed by atoms with Gasteiger partial charge in [-0.25, -0.2) is 0 Å². The van der Waals surface area contributed by atoms with Crippen molar-refractivity contribution in [3.63, 3.8) is 0 Å². The van der Waals surface area contributed by atoms with E-state index < -0.39 is 24.4 Å². The van der Waals surface area contributed by atoms with Crippen molar-refractivity contribution in [1.82, 2.24) is 19.6 Å². The van der Waals surface area contributed by atoms with Crippen LogP contribution < -0.4 is 0 Å². The summed E-state index contributed by atoms with van der Waals surface area (Å²) in [6.07, 6.45) is 56.1. The molecule has 1 aliphatic heterocycles. The van der Waals surface area contributed by atoms with E-state index in [1.165, 1.54) is 186 Å². The normalized spacial score (nSPS) is 15.7. The Hall–Kier alpha value is -2.44. The van der Waals surface area contributed by atoms with Crippen LogP contribution >= 0.6 is 0 Å². The summed E-state index contributed by atoms with van der Waals surface area (Å²) in [5, 5.41) is 44.7. The molecule has 6 unspecified atom stereocenters. The number of esters is 4. The van der Waals surface area contributed by atoms with Crippen molar-refractivity contribution in [1.29, 1.82) is 0 Å². The van der Waals surface area contributed by atoms with Gasteiger partial charge in [0.2, 0.25) is 0 Å². The fraction of sp³-hybridized carbons (Fsp3) is 0.954. The van der Waals surface area contributed by atoms with Gasteiger partial charge in [-0.05, 0) is 117 Å². The van der Waals surface area contributed by atoms with Crippen LogP contribution in [-0.4, -0.2) is 192 Å². The van der Waals surface area contributed by atoms with Crippen LogP contribution in [-0.2, 0) is 38.1 Å². The molecule has 0 amide bonds. The molecule has 16 heteroatoms.